The summed E-state index contributed by atoms with van der Waals surface area (Å²) in [5.41, 5.74) is 0.154. The maximum Gasteiger partial charge on any atom is 0.230 e. The predicted molar refractivity (Wildman–Crippen MR) is 99.9 cm³/mol. The third kappa shape index (κ3) is 3.20. The van der Waals surface area contributed by atoms with Crippen LogP contribution in [0.15, 0.2) is 18.2 Å². The maximum absolute atomic E-state index is 14.4. The molecule has 4 nitrogen and oxygen atoms in total. The summed E-state index contributed by atoms with van der Waals surface area (Å²) in [5, 5.41) is 10.1. The van der Waals surface area contributed by atoms with Crippen LogP contribution in [0.2, 0.25) is 5.02 Å². The van der Waals surface area contributed by atoms with Crippen LogP contribution in [0.25, 0.3) is 0 Å². The fraction of sp³-hybridized carbons (Fsp3) is 0.650. The summed E-state index contributed by atoms with van der Waals surface area (Å²) in [4.78, 5) is 17.4. The van der Waals surface area contributed by atoms with E-state index in [-0.39, 0.29) is 29.3 Å². The highest BCUT2D eigenvalue weighted by atomic mass is 35.5. The highest BCUT2D eigenvalue weighted by Gasteiger charge is 2.50. The van der Waals surface area contributed by atoms with Crippen LogP contribution in [0.1, 0.15) is 44.9 Å². The second-order valence-corrected chi connectivity index (χ2v) is 8.55. The number of halogens is 2. The Morgan fingerprint density at radius 3 is 2.65 bits per heavy atom. The van der Waals surface area contributed by atoms with Gasteiger partial charge in [0.25, 0.3) is 0 Å². The normalized spacial score (nSPS) is 32.5. The first-order valence-electron chi connectivity index (χ1n) is 9.68. The number of hydrogen-bond donors (Lipinski definition) is 1. The minimum Gasteiger partial charge on any atom is -0.393 e. The van der Waals surface area contributed by atoms with Crippen molar-refractivity contribution in [3.05, 3.63) is 29.0 Å². The standard InChI is InChI=1S/C20H26ClFN2O2/c21-14-2-7-18(17(22)12-14)23-10-1-8-20(13-23)9-11-24(19(20)26)15-3-5-16(25)6-4-15/h2,7,12,15-16,25H,1,3-6,8-11,13H2/t15?,16?,20-/m1/s1. The van der Waals surface area contributed by atoms with Gasteiger partial charge in [-0.15, -0.1) is 0 Å². The van der Waals surface area contributed by atoms with Crippen LogP contribution in [-0.2, 0) is 4.79 Å². The van der Waals surface area contributed by atoms with Gasteiger partial charge in [0.2, 0.25) is 5.91 Å². The summed E-state index contributed by atoms with van der Waals surface area (Å²) < 4.78 is 14.4. The van der Waals surface area contributed by atoms with Crippen LogP contribution in [0.3, 0.4) is 0 Å². The molecule has 0 unspecified atom stereocenters. The number of piperidine rings is 1. The van der Waals surface area contributed by atoms with Gasteiger partial charge in [-0.3, -0.25) is 4.79 Å². The Labute approximate surface area is 158 Å². The Hall–Kier alpha value is -1.33. The topological polar surface area (TPSA) is 43.8 Å². The summed E-state index contributed by atoms with van der Waals surface area (Å²) in [5.74, 6) is -0.0870. The highest BCUT2D eigenvalue weighted by molar-refractivity contribution is 6.30. The molecular weight excluding hydrogens is 355 g/mol. The lowest BCUT2D eigenvalue weighted by atomic mass is 9.78. The number of rotatable bonds is 2. The molecule has 0 radical (unpaired) electrons. The number of carbonyl (C=O) groups excluding carboxylic acids is 1. The predicted octanol–water partition coefficient (Wildman–Crippen LogP) is 3.60. The molecule has 2 saturated heterocycles. The lowest BCUT2D eigenvalue weighted by Crippen LogP contribution is -2.50. The average molecular weight is 381 g/mol. The first-order chi connectivity index (χ1) is 12.5. The molecule has 1 amide bonds. The van der Waals surface area contributed by atoms with Crippen LogP contribution >= 0.6 is 11.6 Å². The van der Waals surface area contributed by atoms with E-state index in [0.717, 1.165) is 58.0 Å². The molecule has 3 aliphatic rings. The number of hydrogen-bond acceptors (Lipinski definition) is 3. The molecule has 0 aromatic heterocycles. The van der Waals surface area contributed by atoms with Crippen LogP contribution in [0.4, 0.5) is 10.1 Å². The summed E-state index contributed by atoms with van der Waals surface area (Å²) in [6, 6.07) is 5.02. The molecule has 1 spiro atoms. The molecule has 26 heavy (non-hydrogen) atoms. The molecule has 1 aromatic rings. The number of carbonyl (C=O) groups is 1. The molecule has 1 aromatic carbocycles. The van der Waals surface area contributed by atoms with Crippen LogP contribution in [0.5, 0.6) is 0 Å². The second kappa shape index (κ2) is 7.01. The molecule has 2 heterocycles. The van der Waals surface area contributed by atoms with E-state index in [9.17, 15) is 14.3 Å². The van der Waals surface area contributed by atoms with E-state index >= 15 is 0 Å². The number of anilines is 1. The molecule has 1 N–H and O–H groups in total. The van der Waals surface area contributed by atoms with Gasteiger partial charge in [0.15, 0.2) is 0 Å². The van der Waals surface area contributed by atoms with E-state index < -0.39 is 0 Å². The largest absolute Gasteiger partial charge is 0.393 e. The van der Waals surface area contributed by atoms with Crippen molar-refractivity contribution >= 4 is 23.2 Å². The van der Waals surface area contributed by atoms with Crippen molar-refractivity contribution in [2.24, 2.45) is 5.41 Å². The van der Waals surface area contributed by atoms with E-state index in [1.165, 1.54) is 6.07 Å². The molecule has 1 atom stereocenters. The number of aliphatic hydroxyl groups is 1. The van der Waals surface area contributed by atoms with Gasteiger partial charge in [-0.25, -0.2) is 4.39 Å². The summed E-state index contributed by atoms with van der Waals surface area (Å²) >= 11 is 5.88. The van der Waals surface area contributed by atoms with E-state index in [2.05, 4.69) is 0 Å². The molecule has 1 aliphatic carbocycles. The van der Waals surface area contributed by atoms with Gasteiger partial charge in [0.1, 0.15) is 5.82 Å². The molecular formula is C20H26ClFN2O2. The lowest BCUT2D eigenvalue weighted by Gasteiger charge is -2.41. The fourth-order valence-electron chi connectivity index (χ4n) is 5.02. The van der Waals surface area contributed by atoms with Gasteiger partial charge in [-0.05, 0) is 63.1 Å². The van der Waals surface area contributed by atoms with Crippen LogP contribution < -0.4 is 4.90 Å². The molecule has 3 fully saturated rings. The Kier molecular flexibility index (Phi) is 4.86. The first-order valence-corrected chi connectivity index (χ1v) is 10.1. The number of likely N-dealkylation sites (tertiary alicyclic amines) is 1. The van der Waals surface area contributed by atoms with Crippen molar-refractivity contribution in [1.82, 2.24) is 4.90 Å². The molecule has 6 heteroatoms. The quantitative estimate of drug-likeness (QED) is 0.852. The smallest absolute Gasteiger partial charge is 0.230 e. The van der Waals surface area contributed by atoms with E-state index in [1.807, 2.05) is 9.80 Å². The molecule has 142 valence electrons. The summed E-state index contributed by atoms with van der Waals surface area (Å²) in [7, 11) is 0. The molecule has 2 aliphatic heterocycles. The third-order valence-corrected chi connectivity index (χ3v) is 6.72. The van der Waals surface area contributed by atoms with Crippen molar-refractivity contribution in [3.8, 4) is 0 Å². The Balaban J connectivity index is 1.50. The van der Waals surface area contributed by atoms with Crippen molar-refractivity contribution in [3.63, 3.8) is 0 Å². The van der Waals surface area contributed by atoms with Gasteiger partial charge in [-0.1, -0.05) is 11.6 Å². The molecule has 1 saturated carbocycles. The second-order valence-electron chi connectivity index (χ2n) is 8.11. The van der Waals surface area contributed by atoms with Crippen molar-refractivity contribution < 1.29 is 14.3 Å². The van der Waals surface area contributed by atoms with E-state index in [1.54, 1.807) is 12.1 Å². The summed E-state index contributed by atoms with van der Waals surface area (Å²) in [6.45, 7) is 2.13. The van der Waals surface area contributed by atoms with Crippen molar-refractivity contribution in [1.29, 1.82) is 0 Å². The SMILES string of the molecule is O=C1N(C2CCC(O)CC2)CC[C@@]12CCCN(c1ccc(Cl)cc1F)C2. The van der Waals surface area contributed by atoms with E-state index in [0.29, 0.717) is 17.3 Å². The zero-order valence-corrected chi connectivity index (χ0v) is 15.7. The van der Waals surface area contributed by atoms with Gasteiger partial charge < -0.3 is 14.9 Å². The van der Waals surface area contributed by atoms with Crippen LogP contribution in [0, 0.1) is 11.2 Å². The number of nitrogens with zero attached hydrogens (tertiary/aromatic N) is 2. The minimum atomic E-state index is -0.389. The molecule has 0 bridgehead atoms. The minimum absolute atomic E-state index is 0.212. The monoisotopic (exact) mass is 380 g/mol. The fourth-order valence-corrected chi connectivity index (χ4v) is 5.18. The van der Waals surface area contributed by atoms with Crippen LogP contribution in [-0.4, -0.2) is 47.7 Å². The number of benzene rings is 1. The first kappa shape index (κ1) is 18.1. The number of amides is 1. The average Bonchev–Trinajstić information content (AvgIpc) is 2.92. The van der Waals surface area contributed by atoms with Gasteiger partial charge in [0, 0.05) is 30.7 Å². The maximum atomic E-state index is 14.4. The zero-order valence-electron chi connectivity index (χ0n) is 15.0. The zero-order chi connectivity index (χ0) is 18.3. The van der Waals surface area contributed by atoms with E-state index in [4.69, 9.17) is 11.6 Å². The van der Waals surface area contributed by atoms with Gasteiger partial charge in [-0.2, -0.15) is 0 Å². The third-order valence-electron chi connectivity index (χ3n) is 6.48. The van der Waals surface area contributed by atoms with Crippen molar-refractivity contribution in [2.45, 2.75) is 57.1 Å². The Morgan fingerprint density at radius 1 is 1.15 bits per heavy atom. The number of aliphatic hydroxyl groups excluding tert-OH is 1. The van der Waals surface area contributed by atoms with Gasteiger partial charge in [0.05, 0.1) is 17.2 Å². The molecule has 4 rings (SSSR count). The Morgan fingerprint density at radius 2 is 1.92 bits per heavy atom. The highest BCUT2D eigenvalue weighted by Crippen LogP contribution is 2.43. The van der Waals surface area contributed by atoms with Gasteiger partial charge >= 0.3 is 0 Å². The van der Waals surface area contributed by atoms with Crippen molar-refractivity contribution in [2.75, 3.05) is 24.5 Å². The lowest BCUT2D eigenvalue weighted by molar-refractivity contribution is -0.139. The summed E-state index contributed by atoms with van der Waals surface area (Å²) in [6.07, 6.45) is 5.74. The Bertz CT molecular complexity index is 692.